The molecule has 1 aromatic rings. The van der Waals surface area contributed by atoms with Gasteiger partial charge in [0, 0.05) is 43.4 Å². The van der Waals surface area contributed by atoms with Gasteiger partial charge < -0.3 is 15.5 Å². The molecule has 1 fully saturated rings. The van der Waals surface area contributed by atoms with Crippen LogP contribution in [-0.2, 0) is 18.3 Å². The Morgan fingerprint density at radius 2 is 1.89 bits per heavy atom. The fraction of sp³-hybridized carbons (Fsp3) is 0.750. The van der Waals surface area contributed by atoms with E-state index in [1.165, 1.54) is 5.69 Å². The lowest BCUT2D eigenvalue weighted by molar-refractivity contribution is -0.136. The molecule has 1 aliphatic carbocycles. The molecule has 0 aromatic carbocycles. The molecule has 0 saturated carbocycles. The first kappa shape index (κ1) is 19.7. The summed E-state index contributed by atoms with van der Waals surface area (Å²) >= 11 is 0. The van der Waals surface area contributed by atoms with Crippen LogP contribution in [0.25, 0.3) is 0 Å². The van der Waals surface area contributed by atoms with Crippen molar-refractivity contribution in [2.45, 2.75) is 70.9 Å². The third kappa shape index (κ3) is 4.45. The highest BCUT2D eigenvalue weighted by atomic mass is 16.2. The van der Waals surface area contributed by atoms with Crippen molar-refractivity contribution in [2.75, 3.05) is 13.1 Å². The number of aryl methyl sites for hydroxylation is 1. The number of carbonyl (C=O) groups excluding carboxylic acids is 2. The lowest BCUT2D eigenvalue weighted by atomic mass is 9.93. The molecule has 3 rings (SSSR count). The molecule has 0 bridgehead atoms. The number of rotatable bonds is 5. The Balaban J connectivity index is 1.47. The van der Waals surface area contributed by atoms with Crippen molar-refractivity contribution < 1.29 is 9.59 Å². The van der Waals surface area contributed by atoms with Gasteiger partial charge in [0.05, 0.1) is 12.2 Å². The average molecular weight is 376 g/mol. The van der Waals surface area contributed by atoms with Crippen molar-refractivity contribution in [3.8, 4) is 0 Å². The Morgan fingerprint density at radius 3 is 2.56 bits per heavy atom. The number of carbonyl (C=O) groups is 2. The molecule has 7 nitrogen and oxygen atoms in total. The van der Waals surface area contributed by atoms with E-state index in [-0.39, 0.29) is 29.9 Å². The van der Waals surface area contributed by atoms with Gasteiger partial charge >= 0.3 is 6.03 Å². The zero-order valence-electron chi connectivity index (χ0n) is 16.8. The van der Waals surface area contributed by atoms with Gasteiger partial charge in [0.2, 0.25) is 5.91 Å². The fourth-order valence-electron chi connectivity index (χ4n) is 4.38. The highest BCUT2D eigenvalue weighted by Gasteiger charge is 2.29. The summed E-state index contributed by atoms with van der Waals surface area (Å²) in [5, 5.41) is 10.6. The maximum Gasteiger partial charge on any atom is 0.315 e. The number of nitrogens with zero attached hydrogens (tertiary/aromatic N) is 3. The van der Waals surface area contributed by atoms with Crippen molar-refractivity contribution in [1.82, 2.24) is 25.3 Å². The van der Waals surface area contributed by atoms with E-state index in [1.54, 1.807) is 0 Å². The van der Waals surface area contributed by atoms with Crippen LogP contribution in [0.15, 0.2) is 6.20 Å². The van der Waals surface area contributed by atoms with Crippen LogP contribution in [0.1, 0.15) is 69.7 Å². The highest BCUT2D eigenvalue weighted by molar-refractivity contribution is 5.79. The minimum atomic E-state index is -0.110. The van der Waals surface area contributed by atoms with E-state index >= 15 is 0 Å². The topological polar surface area (TPSA) is 79.3 Å². The van der Waals surface area contributed by atoms with E-state index in [0.717, 1.165) is 63.6 Å². The number of likely N-dealkylation sites (tertiary alicyclic amines) is 1. The number of nitrogens with one attached hydrogen (secondary N) is 2. The van der Waals surface area contributed by atoms with E-state index in [0.29, 0.717) is 0 Å². The normalized spacial score (nSPS) is 20.4. The van der Waals surface area contributed by atoms with Gasteiger partial charge in [-0.15, -0.1) is 0 Å². The summed E-state index contributed by atoms with van der Waals surface area (Å²) in [6, 6.07) is 0.0631. The monoisotopic (exact) mass is 375 g/mol. The van der Waals surface area contributed by atoms with E-state index in [9.17, 15) is 9.59 Å². The zero-order valence-corrected chi connectivity index (χ0v) is 16.8. The maximum atomic E-state index is 12.5. The quantitative estimate of drug-likeness (QED) is 0.830. The van der Waals surface area contributed by atoms with E-state index in [2.05, 4.69) is 29.6 Å². The molecule has 1 saturated heterocycles. The third-order valence-electron chi connectivity index (χ3n) is 6.16. The maximum absolute atomic E-state index is 12.5. The van der Waals surface area contributed by atoms with E-state index in [1.807, 2.05) is 22.8 Å². The van der Waals surface area contributed by atoms with Crippen LogP contribution in [0.5, 0.6) is 0 Å². The Bertz CT molecular complexity index is 659. The molecule has 1 atom stereocenters. The summed E-state index contributed by atoms with van der Waals surface area (Å²) in [5.41, 5.74) is 2.37. The molecule has 0 spiro atoms. The summed E-state index contributed by atoms with van der Waals surface area (Å²) in [5.74, 6) is 0.409. The van der Waals surface area contributed by atoms with Crippen molar-refractivity contribution in [3.05, 3.63) is 17.5 Å². The minimum absolute atomic E-state index is 0.0407. The Labute approximate surface area is 161 Å². The van der Waals surface area contributed by atoms with Crippen LogP contribution in [0, 0.1) is 5.92 Å². The lowest BCUT2D eigenvalue weighted by Gasteiger charge is -2.34. The zero-order chi connectivity index (χ0) is 19.4. The second-order valence-corrected chi connectivity index (χ2v) is 7.85. The Morgan fingerprint density at radius 1 is 1.19 bits per heavy atom. The average Bonchev–Trinajstić information content (AvgIpc) is 3.05. The molecule has 2 heterocycles. The number of fused-ring (bicyclic) bond motifs is 1. The molecular formula is C20H33N5O2. The molecule has 2 N–H and O–H groups in total. The molecular weight excluding hydrogens is 342 g/mol. The summed E-state index contributed by atoms with van der Waals surface area (Å²) in [4.78, 5) is 26.9. The molecule has 1 aromatic heterocycles. The van der Waals surface area contributed by atoms with Gasteiger partial charge in [-0.2, -0.15) is 5.10 Å². The number of amides is 3. The molecule has 0 radical (unpaired) electrons. The second kappa shape index (κ2) is 8.76. The molecule has 2 aliphatic rings. The second-order valence-electron chi connectivity index (χ2n) is 7.85. The van der Waals surface area contributed by atoms with Crippen molar-refractivity contribution in [1.29, 1.82) is 0 Å². The molecule has 1 aliphatic heterocycles. The van der Waals surface area contributed by atoms with Crippen LogP contribution in [0.3, 0.4) is 0 Å². The number of hydrogen-bond donors (Lipinski definition) is 2. The predicted molar refractivity (Wildman–Crippen MR) is 104 cm³/mol. The largest absolute Gasteiger partial charge is 0.342 e. The van der Waals surface area contributed by atoms with Crippen LogP contribution in [-0.4, -0.2) is 45.8 Å². The summed E-state index contributed by atoms with van der Waals surface area (Å²) in [6.07, 6.45) is 8.35. The first-order valence-corrected chi connectivity index (χ1v) is 10.4. The number of urea groups is 1. The molecule has 3 amide bonds. The summed E-state index contributed by atoms with van der Waals surface area (Å²) < 4.78 is 1.91. The van der Waals surface area contributed by atoms with Gasteiger partial charge in [0.15, 0.2) is 0 Å². The van der Waals surface area contributed by atoms with Crippen molar-refractivity contribution in [3.63, 3.8) is 0 Å². The predicted octanol–water partition coefficient (Wildman–Crippen LogP) is 2.52. The van der Waals surface area contributed by atoms with Gasteiger partial charge in [-0.25, -0.2) is 4.79 Å². The Kier molecular flexibility index (Phi) is 6.39. The van der Waals surface area contributed by atoms with Gasteiger partial charge in [0.25, 0.3) is 0 Å². The number of aromatic nitrogens is 2. The van der Waals surface area contributed by atoms with Crippen LogP contribution >= 0.6 is 0 Å². The van der Waals surface area contributed by atoms with Crippen molar-refractivity contribution in [2.24, 2.45) is 13.0 Å². The number of hydrogen-bond acceptors (Lipinski definition) is 3. The number of piperidine rings is 1. The lowest BCUT2D eigenvalue weighted by Crippen LogP contribution is -2.50. The van der Waals surface area contributed by atoms with Gasteiger partial charge in [-0.1, -0.05) is 13.8 Å². The fourth-order valence-corrected chi connectivity index (χ4v) is 4.38. The van der Waals surface area contributed by atoms with Gasteiger partial charge in [-0.05, 0) is 44.9 Å². The van der Waals surface area contributed by atoms with Crippen molar-refractivity contribution >= 4 is 11.9 Å². The standard InChI is InChI=1S/C20H33N5O2/c1-4-14(5-2)19(26)25-11-9-15(10-12-25)22-20(27)23-17-7-6-8-18-16(17)13-21-24(18)3/h13-15,17H,4-12H2,1-3H3,(H2,22,23,27)/t17-/m1/s1. The first-order chi connectivity index (χ1) is 13.0. The van der Waals surface area contributed by atoms with Crippen LogP contribution < -0.4 is 10.6 Å². The smallest absolute Gasteiger partial charge is 0.315 e. The summed E-state index contributed by atoms with van der Waals surface area (Å²) in [7, 11) is 1.96. The SMILES string of the molecule is CCC(CC)C(=O)N1CCC(NC(=O)N[C@@H]2CCCc3c2cnn3C)CC1. The van der Waals surface area contributed by atoms with Gasteiger partial charge in [-0.3, -0.25) is 9.48 Å². The first-order valence-electron chi connectivity index (χ1n) is 10.4. The minimum Gasteiger partial charge on any atom is -0.342 e. The van der Waals surface area contributed by atoms with Crippen LogP contribution in [0.4, 0.5) is 4.79 Å². The van der Waals surface area contributed by atoms with Gasteiger partial charge in [0.1, 0.15) is 0 Å². The van der Waals surface area contributed by atoms with E-state index in [4.69, 9.17) is 0 Å². The molecule has 0 unspecified atom stereocenters. The molecule has 150 valence electrons. The van der Waals surface area contributed by atoms with E-state index < -0.39 is 0 Å². The third-order valence-corrected chi connectivity index (χ3v) is 6.16. The Hall–Kier alpha value is -2.05. The van der Waals surface area contributed by atoms with Crippen LogP contribution in [0.2, 0.25) is 0 Å². The summed E-state index contributed by atoms with van der Waals surface area (Å²) in [6.45, 7) is 5.61. The molecule has 7 heteroatoms. The highest BCUT2D eigenvalue weighted by Crippen LogP contribution is 2.29. The molecule has 27 heavy (non-hydrogen) atoms.